The first-order valence-electron chi connectivity index (χ1n) is 27.1. The first-order valence-corrected chi connectivity index (χ1v) is 27.1. The van der Waals surface area contributed by atoms with Crippen molar-refractivity contribution in [1.29, 1.82) is 0 Å². The molecule has 0 aromatic carbocycles. The van der Waals surface area contributed by atoms with E-state index in [1.54, 1.807) is 6.92 Å². The molecule has 4 aliphatic heterocycles. The van der Waals surface area contributed by atoms with E-state index in [1.165, 1.54) is 19.8 Å². The number of rotatable bonds is 1. The third-order valence-corrected chi connectivity index (χ3v) is 24.0. The summed E-state index contributed by atoms with van der Waals surface area (Å²) in [6.45, 7) is 21.4. The summed E-state index contributed by atoms with van der Waals surface area (Å²) >= 11 is 0. The van der Waals surface area contributed by atoms with Gasteiger partial charge in [0.05, 0.1) is 58.9 Å². The molecule has 1 aromatic rings. The fraction of sp³-hybridized carbons (Fsp3) is 0.875. The standard InChI is InChI=1S/C56H80N2O10/c1-27-47-42(66-54(27)15-13-48(4,5)68-54)20-34-32-12-11-30-17-37-39(24-50(30,7)33(32)21-43(60)52(34,47)9)58-38-18-31-19-41(65-29(3)59)46-35(51(31,8)25-40(38)57-37)22-44(61)53(10)36(46)23-45-56(53,63)28(2)55(67-45)16-14-49(6,62)26-64-55/h23,27-28,30-35,41-47,60-63H,11-22,24-26H2,1-10H3/t27-,28+,30-,31+,32+,33-,34+,35-,41-,42-,43+,44+,45-,46+,47-,49-,50-,51-,52+,53+,54+,55+,56+/m0/s1. The number of aliphatic hydroxyl groups excluding tert-OH is 2. The zero-order chi connectivity index (χ0) is 47.9. The first-order chi connectivity index (χ1) is 31.8. The fourth-order valence-corrected chi connectivity index (χ4v) is 20.2. The fourth-order valence-electron chi connectivity index (χ4n) is 20.2. The van der Waals surface area contributed by atoms with E-state index in [2.05, 4.69) is 47.6 Å². The Morgan fingerprint density at radius 3 is 2.06 bits per heavy atom. The SMILES string of the molecule is CC(=O)O[C@H]1C[C@H]2Cc3nc4c(nc3C[C@]2(C)[C@H]2C[C@@H](O)[C@@]3(C)C(=C[C@@H]5O[C@]6(CC[C@](C)(O)CO6)[C@@H](C)[C@@]53O)[C@H]12)C[C@@H]1CC[C@H]2[C@H]3C[C@@H]5O[C@@]6(CCC(C)(C)O6)[C@@H](C)[C@@H]5[C@@]3(C)[C@H](O)C[C@@H]2[C@@]1(C)C4. The van der Waals surface area contributed by atoms with Gasteiger partial charge in [-0.05, 0) is 144 Å². The quantitative estimate of drug-likeness (QED) is 0.169. The number of hydrogen-bond donors (Lipinski definition) is 4. The molecule has 5 heterocycles. The number of nitrogens with zero attached hydrogens (tertiary/aromatic N) is 2. The summed E-state index contributed by atoms with van der Waals surface area (Å²) in [5.41, 5.74) is 1.25. The number of aromatic nitrogens is 2. The van der Waals surface area contributed by atoms with Gasteiger partial charge in [0.25, 0.3) is 0 Å². The largest absolute Gasteiger partial charge is 0.462 e. The van der Waals surface area contributed by atoms with Crippen LogP contribution in [0.15, 0.2) is 11.6 Å². The monoisotopic (exact) mass is 941 g/mol. The third kappa shape index (κ3) is 5.59. The van der Waals surface area contributed by atoms with Crippen molar-refractivity contribution in [2.45, 2.75) is 218 Å². The Labute approximate surface area is 403 Å². The normalized spacial score (nSPS) is 57.6. The second-order valence-corrected chi connectivity index (χ2v) is 27.4. The molecule has 8 aliphatic carbocycles. The summed E-state index contributed by atoms with van der Waals surface area (Å²) in [4.78, 5) is 24.3. The van der Waals surface area contributed by atoms with Crippen LogP contribution < -0.4 is 0 Å². The minimum Gasteiger partial charge on any atom is -0.462 e. The molecule has 23 atom stereocenters. The van der Waals surface area contributed by atoms with Crippen LogP contribution in [-0.4, -0.2) is 102 Å². The molecule has 4 N–H and O–H groups in total. The lowest BCUT2D eigenvalue weighted by atomic mass is 9.43. The molecule has 1 aromatic heterocycles. The lowest BCUT2D eigenvalue weighted by molar-refractivity contribution is -0.289. The molecule has 0 unspecified atom stereocenters. The average Bonchev–Trinajstić information content (AvgIpc) is 3.96. The molecule has 0 radical (unpaired) electrons. The molecule has 374 valence electrons. The van der Waals surface area contributed by atoms with Gasteiger partial charge in [0.15, 0.2) is 11.6 Å². The van der Waals surface area contributed by atoms with E-state index in [4.69, 9.17) is 33.7 Å². The summed E-state index contributed by atoms with van der Waals surface area (Å²) in [5.74, 6) is -0.122. The van der Waals surface area contributed by atoms with E-state index in [0.717, 1.165) is 79.7 Å². The van der Waals surface area contributed by atoms with Gasteiger partial charge >= 0.3 is 5.97 Å². The Morgan fingerprint density at radius 2 is 1.41 bits per heavy atom. The second-order valence-electron chi connectivity index (χ2n) is 27.4. The molecule has 12 heteroatoms. The van der Waals surface area contributed by atoms with Gasteiger partial charge in [-0.25, -0.2) is 0 Å². The number of fused-ring (bicyclic) bond motifs is 16. The molecule has 4 saturated heterocycles. The maximum atomic E-state index is 13.1. The number of esters is 1. The lowest BCUT2D eigenvalue weighted by Gasteiger charge is -2.63. The van der Waals surface area contributed by atoms with Gasteiger partial charge < -0.3 is 44.1 Å². The van der Waals surface area contributed by atoms with Crippen LogP contribution in [0, 0.1) is 80.8 Å². The lowest BCUT2D eigenvalue weighted by Crippen LogP contribution is -2.66. The molecule has 0 amide bonds. The molecule has 5 saturated carbocycles. The van der Waals surface area contributed by atoms with Crippen LogP contribution in [0.2, 0.25) is 0 Å². The maximum Gasteiger partial charge on any atom is 0.302 e. The van der Waals surface area contributed by atoms with Crippen molar-refractivity contribution >= 4 is 5.97 Å². The molecule has 0 bridgehead atoms. The van der Waals surface area contributed by atoms with E-state index in [-0.39, 0.29) is 76.2 Å². The highest BCUT2D eigenvalue weighted by atomic mass is 16.7. The number of carbonyl (C=O) groups is 1. The Morgan fingerprint density at radius 1 is 0.750 bits per heavy atom. The Balaban J connectivity index is 0.786. The molecular formula is C56H80N2O10. The Bertz CT molecular complexity index is 2360. The summed E-state index contributed by atoms with van der Waals surface area (Å²) < 4.78 is 33.3. The van der Waals surface area contributed by atoms with E-state index in [9.17, 15) is 25.2 Å². The summed E-state index contributed by atoms with van der Waals surface area (Å²) in [6.07, 6.45) is 11.2. The Hall–Kier alpha value is -2.03. The van der Waals surface area contributed by atoms with Crippen molar-refractivity contribution in [2.75, 3.05) is 6.61 Å². The summed E-state index contributed by atoms with van der Waals surface area (Å²) in [6, 6.07) is 0. The van der Waals surface area contributed by atoms with Gasteiger partial charge in [-0.15, -0.1) is 0 Å². The minimum atomic E-state index is -1.46. The summed E-state index contributed by atoms with van der Waals surface area (Å²) in [5, 5.41) is 49.0. The topological polar surface area (TPSA) is 170 Å². The van der Waals surface area contributed by atoms with Gasteiger partial charge in [-0.1, -0.05) is 53.2 Å². The van der Waals surface area contributed by atoms with Crippen LogP contribution in [0.4, 0.5) is 0 Å². The van der Waals surface area contributed by atoms with Crippen molar-refractivity contribution < 1.29 is 48.9 Å². The highest BCUT2D eigenvalue weighted by molar-refractivity contribution is 5.66. The van der Waals surface area contributed by atoms with Crippen LogP contribution in [0.1, 0.15) is 156 Å². The maximum absolute atomic E-state index is 13.1. The molecule has 68 heavy (non-hydrogen) atoms. The molecule has 13 rings (SSSR count). The minimum absolute atomic E-state index is 0.0123. The van der Waals surface area contributed by atoms with Crippen LogP contribution in [0.25, 0.3) is 0 Å². The number of aliphatic hydroxyl groups is 4. The number of carbonyl (C=O) groups excluding carboxylic acids is 1. The van der Waals surface area contributed by atoms with Crippen molar-refractivity contribution in [3.63, 3.8) is 0 Å². The summed E-state index contributed by atoms with van der Waals surface area (Å²) in [7, 11) is 0. The average molecular weight is 941 g/mol. The van der Waals surface area contributed by atoms with Crippen molar-refractivity contribution in [3.05, 3.63) is 34.4 Å². The highest BCUT2D eigenvalue weighted by Crippen LogP contribution is 2.73. The van der Waals surface area contributed by atoms with Gasteiger partial charge in [-0.3, -0.25) is 14.8 Å². The van der Waals surface area contributed by atoms with E-state index >= 15 is 0 Å². The van der Waals surface area contributed by atoms with E-state index in [1.807, 2.05) is 13.8 Å². The van der Waals surface area contributed by atoms with Crippen LogP contribution in [0.3, 0.4) is 0 Å². The molecule has 9 fully saturated rings. The van der Waals surface area contributed by atoms with Gasteiger partial charge in [0, 0.05) is 54.3 Å². The van der Waals surface area contributed by atoms with Gasteiger partial charge in [0.1, 0.15) is 17.8 Å². The first kappa shape index (κ1) is 45.8. The highest BCUT2D eigenvalue weighted by Gasteiger charge is 2.78. The predicted molar refractivity (Wildman–Crippen MR) is 249 cm³/mol. The van der Waals surface area contributed by atoms with Gasteiger partial charge in [-0.2, -0.15) is 0 Å². The Kier molecular flexibility index (Phi) is 9.41. The van der Waals surface area contributed by atoms with Gasteiger partial charge in [0.2, 0.25) is 0 Å². The van der Waals surface area contributed by atoms with E-state index < -0.39 is 52.4 Å². The van der Waals surface area contributed by atoms with Crippen LogP contribution >= 0.6 is 0 Å². The van der Waals surface area contributed by atoms with E-state index in [0.29, 0.717) is 49.4 Å². The van der Waals surface area contributed by atoms with Crippen molar-refractivity contribution in [3.8, 4) is 0 Å². The zero-order valence-electron chi connectivity index (χ0n) is 42.5. The van der Waals surface area contributed by atoms with Crippen LogP contribution in [0.5, 0.6) is 0 Å². The molecule has 2 spiro atoms. The zero-order valence-corrected chi connectivity index (χ0v) is 42.5. The number of hydrogen-bond acceptors (Lipinski definition) is 12. The third-order valence-electron chi connectivity index (χ3n) is 24.0. The van der Waals surface area contributed by atoms with Crippen LogP contribution in [-0.2, 0) is 54.2 Å². The molecule has 12 nitrogen and oxygen atoms in total. The van der Waals surface area contributed by atoms with Crippen molar-refractivity contribution in [1.82, 2.24) is 9.97 Å². The molecular weight excluding hydrogens is 861 g/mol. The molecule has 12 aliphatic rings. The smallest absolute Gasteiger partial charge is 0.302 e. The van der Waals surface area contributed by atoms with Crippen molar-refractivity contribution in [2.24, 2.45) is 80.8 Å². The second kappa shape index (κ2) is 14.0. The number of ether oxygens (including phenoxy) is 5. The predicted octanol–water partition coefficient (Wildman–Crippen LogP) is 6.97.